The predicted octanol–water partition coefficient (Wildman–Crippen LogP) is 0.810. The van der Waals surface area contributed by atoms with E-state index in [1.54, 1.807) is 12.1 Å². The first kappa shape index (κ1) is 15.6. The van der Waals surface area contributed by atoms with Gasteiger partial charge in [-0.15, -0.1) is 5.10 Å². The van der Waals surface area contributed by atoms with Crippen molar-refractivity contribution in [2.75, 3.05) is 6.54 Å². The molecular formula is C14H17N5O3. The van der Waals surface area contributed by atoms with E-state index in [2.05, 4.69) is 20.6 Å². The van der Waals surface area contributed by atoms with Gasteiger partial charge in [0, 0.05) is 24.5 Å². The van der Waals surface area contributed by atoms with Crippen molar-refractivity contribution in [2.24, 2.45) is 5.92 Å². The van der Waals surface area contributed by atoms with Crippen molar-refractivity contribution in [1.82, 2.24) is 25.3 Å². The second-order valence-electron chi connectivity index (χ2n) is 5.18. The largest absolute Gasteiger partial charge is 0.476 e. The lowest BCUT2D eigenvalue weighted by molar-refractivity contribution is -0.122. The highest BCUT2D eigenvalue weighted by molar-refractivity contribution is 5.93. The van der Waals surface area contributed by atoms with E-state index in [9.17, 15) is 14.7 Å². The molecule has 0 aliphatic rings. The van der Waals surface area contributed by atoms with E-state index in [1.165, 1.54) is 17.1 Å². The number of pyridine rings is 1. The van der Waals surface area contributed by atoms with E-state index in [4.69, 9.17) is 0 Å². The molecule has 2 rings (SSSR count). The third-order valence-corrected chi connectivity index (χ3v) is 2.89. The molecule has 22 heavy (non-hydrogen) atoms. The maximum Gasteiger partial charge on any atom is 0.358 e. The summed E-state index contributed by atoms with van der Waals surface area (Å²) < 4.78 is 1.29. The summed E-state index contributed by atoms with van der Waals surface area (Å²) in [6, 6.07) is 3.29. The highest BCUT2D eigenvalue weighted by Gasteiger charge is 2.21. The molecule has 0 aromatic carbocycles. The molecule has 2 heterocycles. The summed E-state index contributed by atoms with van der Waals surface area (Å²) in [5.41, 5.74) is 0.687. The minimum atomic E-state index is -1.19. The predicted molar refractivity (Wildman–Crippen MR) is 78.1 cm³/mol. The van der Waals surface area contributed by atoms with Gasteiger partial charge in [-0.2, -0.15) is 0 Å². The Balaban J connectivity index is 2.29. The van der Waals surface area contributed by atoms with Gasteiger partial charge < -0.3 is 10.4 Å². The van der Waals surface area contributed by atoms with Gasteiger partial charge in [0.05, 0.1) is 0 Å². The lowest BCUT2D eigenvalue weighted by Gasteiger charge is -2.09. The molecule has 8 nitrogen and oxygen atoms in total. The number of hydrogen-bond acceptors (Lipinski definition) is 5. The fraction of sp³-hybridized carbons (Fsp3) is 0.357. The van der Waals surface area contributed by atoms with Gasteiger partial charge in [-0.3, -0.25) is 9.78 Å². The number of hydrogen-bond donors (Lipinski definition) is 2. The molecule has 0 unspecified atom stereocenters. The topological polar surface area (TPSA) is 110 Å². The summed E-state index contributed by atoms with van der Waals surface area (Å²) in [4.78, 5) is 27.1. The lowest BCUT2D eigenvalue weighted by atomic mass is 10.1. The monoisotopic (exact) mass is 303 g/mol. The molecule has 2 aromatic rings. The van der Waals surface area contributed by atoms with Crippen LogP contribution in [0.4, 0.5) is 0 Å². The van der Waals surface area contributed by atoms with E-state index >= 15 is 0 Å². The van der Waals surface area contributed by atoms with E-state index in [1.807, 2.05) is 13.8 Å². The quantitative estimate of drug-likeness (QED) is 0.817. The summed E-state index contributed by atoms with van der Waals surface area (Å²) >= 11 is 0. The van der Waals surface area contributed by atoms with Crippen LogP contribution in [0, 0.1) is 5.92 Å². The summed E-state index contributed by atoms with van der Waals surface area (Å²) in [7, 11) is 0. The zero-order valence-corrected chi connectivity index (χ0v) is 12.4. The Morgan fingerprint density at radius 1 is 1.32 bits per heavy atom. The molecule has 0 radical (unpaired) electrons. The summed E-state index contributed by atoms with van der Waals surface area (Å²) in [6.45, 7) is 4.43. The standard InChI is InChI=1S/C14H17N5O3/c1-9(2)7-16-11(20)8-19-13(10-3-5-15-6-4-10)12(14(21)22)17-18-19/h3-6,9H,7-8H2,1-2H3,(H,16,20)(H,21,22). The molecule has 0 saturated carbocycles. The summed E-state index contributed by atoms with van der Waals surface area (Å²) in [6.07, 6.45) is 3.08. The minimum Gasteiger partial charge on any atom is -0.476 e. The Morgan fingerprint density at radius 2 is 2.00 bits per heavy atom. The molecule has 116 valence electrons. The van der Waals surface area contributed by atoms with Crippen molar-refractivity contribution < 1.29 is 14.7 Å². The molecule has 8 heteroatoms. The molecular weight excluding hydrogens is 286 g/mol. The van der Waals surface area contributed by atoms with Crippen LogP contribution in [-0.2, 0) is 11.3 Å². The van der Waals surface area contributed by atoms with E-state index in [0.717, 1.165) is 0 Å². The van der Waals surface area contributed by atoms with Crippen LogP contribution >= 0.6 is 0 Å². The number of nitrogens with one attached hydrogen (secondary N) is 1. The Kier molecular flexibility index (Phi) is 4.82. The zero-order valence-electron chi connectivity index (χ0n) is 12.4. The second kappa shape index (κ2) is 6.79. The highest BCUT2D eigenvalue weighted by atomic mass is 16.4. The summed E-state index contributed by atoms with van der Waals surface area (Å²) in [5.74, 6) is -1.11. The maximum absolute atomic E-state index is 11.9. The van der Waals surface area contributed by atoms with Crippen LogP contribution < -0.4 is 5.32 Å². The Labute approximate surface area is 127 Å². The van der Waals surface area contributed by atoms with Crippen LogP contribution in [0.2, 0.25) is 0 Å². The average molecular weight is 303 g/mol. The van der Waals surface area contributed by atoms with Gasteiger partial charge >= 0.3 is 5.97 Å². The minimum absolute atomic E-state index is 0.0926. The van der Waals surface area contributed by atoms with E-state index in [0.29, 0.717) is 18.0 Å². The van der Waals surface area contributed by atoms with Crippen LogP contribution in [0.15, 0.2) is 24.5 Å². The number of amides is 1. The van der Waals surface area contributed by atoms with Crippen molar-refractivity contribution in [3.05, 3.63) is 30.2 Å². The lowest BCUT2D eigenvalue weighted by Crippen LogP contribution is -2.31. The van der Waals surface area contributed by atoms with Crippen molar-refractivity contribution in [3.63, 3.8) is 0 Å². The van der Waals surface area contributed by atoms with Crippen molar-refractivity contribution in [1.29, 1.82) is 0 Å². The number of carbonyl (C=O) groups excluding carboxylic acids is 1. The normalized spacial score (nSPS) is 10.7. The fourth-order valence-electron chi connectivity index (χ4n) is 1.87. The number of aromatic nitrogens is 4. The van der Waals surface area contributed by atoms with Gasteiger partial charge in [0.2, 0.25) is 5.91 Å². The van der Waals surface area contributed by atoms with Gasteiger partial charge in [-0.25, -0.2) is 9.48 Å². The summed E-state index contributed by atoms with van der Waals surface area (Å²) in [5, 5.41) is 19.4. The van der Waals surface area contributed by atoms with Crippen LogP contribution in [-0.4, -0.2) is 43.5 Å². The number of carboxylic acids is 1. The van der Waals surface area contributed by atoms with Gasteiger partial charge in [0.15, 0.2) is 5.69 Å². The molecule has 0 fully saturated rings. The van der Waals surface area contributed by atoms with Gasteiger partial charge in [0.25, 0.3) is 0 Å². The number of rotatable bonds is 6. The first-order valence-corrected chi connectivity index (χ1v) is 6.83. The fourth-order valence-corrected chi connectivity index (χ4v) is 1.87. The van der Waals surface area contributed by atoms with Crippen LogP contribution in [0.1, 0.15) is 24.3 Å². The average Bonchev–Trinajstić information content (AvgIpc) is 2.90. The SMILES string of the molecule is CC(C)CNC(=O)Cn1nnc(C(=O)O)c1-c1ccncc1. The molecule has 2 aromatic heterocycles. The Hall–Kier alpha value is -2.77. The van der Waals surface area contributed by atoms with Gasteiger partial charge in [-0.05, 0) is 18.1 Å². The highest BCUT2D eigenvalue weighted by Crippen LogP contribution is 2.21. The maximum atomic E-state index is 11.9. The van der Waals surface area contributed by atoms with Crippen LogP contribution in [0.3, 0.4) is 0 Å². The van der Waals surface area contributed by atoms with Crippen molar-refractivity contribution >= 4 is 11.9 Å². The number of aromatic carboxylic acids is 1. The van der Waals surface area contributed by atoms with Crippen molar-refractivity contribution in [3.8, 4) is 11.3 Å². The number of nitrogens with zero attached hydrogens (tertiary/aromatic N) is 4. The first-order valence-electron chi connectivity index (χ1n) is 6.83. The molecule has 0 bridgehead atoms. The van der Waals surface area contributed by atoms with Gasteiger partial charge in [0.1, 0.15) is 12.2 Å². The Morgan fingerprint density at radius 3 is 2.59 bits per heavy atom. The molecule has 0 saturated heterocycles. The molecule has 0 spiro atoms. The third kappa shape index (κ3) is 3.66. The van der Waals surface area contributed by atoms with Crippen LogP contribution in [0.25, 0.3) is 11.3 Å². The zero-order chi connectivity index (χ0) is 16.1. The molecule has 0 aliphatic carbocycles. The first-order chi connectivity index (χ1) is 10.5. The Bertz CT molecular complexity index is 666. The molecule has 0 aliphatic heterocycles. The molecule has 2 N–H and O–H groups in total. The van der Waals surface area contributed by atoms with Crippen molar-refractivity contribution in [2.45, 2.75) is 20.4 Å². The van der Waals surface area contributed by atoms with Crippen LogP contribution in [0.5, 0.6) is 0 Å². The van der Waals surface area contributed by atoms with E-state index in [-0.39, 0.29) is 23.8 Å². The molecule has 0 atom stereocenters. The van der Waals surface area contributed by atoms with E-state index < -0.39 is 5.97 Å². The third-order valence-electron chi connectivity index (χ3n) is 2.89. The number of carbonyl (C=O) groups is 2. The smallest absolute Gasteiger partial charge is 0.358 e. The van der Waals surface area contributed by atoms with Gasteiger partial charge in [-0.1, -0.05) is 19.1 Å². The number of carboxylic acid groups (broad SMARTS) is 1. The molecule has 1 amide bonds. The second-order valence-corrected chi connectivity index (χ2v) is 5.18.